The zero-order chi connectivity index (χ0) is 13.2. The highest BCUT2D eigenvalue weighted by Gasteiger charge is 2.17. The Labute approximate surface area is 114 Å². The van der Waals surface area contributed by atoms with Crippen molar-refractivity contribution in [3.05, 3.63) is 29.1 Å². The average Bonchev–Trinajstić information content (AvgIpc) is 3.06. The molecule has 100 valence electrons. The highest BCUT2D eigenvalue weighted by atomic mass is 32.1. The van der Waals surface area contributed by atoms with Gasteiger partial charge in [-0.2, -0.15) is 0 Å². The predicted octanol–water partition coefficient (Wildman–Crippen LogP) is 3.16. The summed E-state index contributed by atoms with van der Waals surface area (Å²) < 4.78 is 12.2. The maximum atomic E-state index is 11.1. The van der Waals surface area contributed by atoms with Gasteiger partial charge >= 0.3 is 5.97 Å². The minimum absolute atomic E-state index is 0.127. The van der Waals surface area contributed by atoms with Crippen LogP contribution in [0.3, 0.4) is 0 Å². The van der Waals surface area contributed by atoms with Gasteiger partial charge in [-0.1, -0.05) is 0 Å². The van der Waals surface area contributed by atoms with Crippen molar-refractivity contribution >= 4 is 27.4 Å². The fourth-order valence-corrected chi connectivity index (χ4v) is 3.08. The lowest BCUT2D eigenvalue weighted by Crippen LogP contribution is -2.16. The molecule has 1 fully saturated rings. The third kappa shape index (κ3) is 2.57. The molecular formula is C14H14O4S. The number of carboxylic acids is 1. The van der Waals surface area contributed by atoms with Crippen LogP contribution in [0.2, 0.25) is 0 Å². The monoisotopic (exact) mass is 278 g/mol. The van der Waals surface area contributed by atoms with E-state index in [1.165, 1.54) is 11.3 Å². The highest BCUT2D eigenvalue weighted by molar-refractivity contribution is 7.17. The Morgan fingerprint density at radius 2 is 2.42 bits per heavy atom. The lowest BCUT2D eigenvalue weighted by Gasteiger charge is -2.12. The molecule has 1 aromatic carbocycles. The van der Waals surface area contributed by atoms with E-state index in [4.69, 9.17) is 14.6 Å². The summed E-state index contributed by atoms with van der Waals surface area (Å²) in [6.45, 7) is 1.27. The first kappa shape index (κ1) is 12.4. The van der Waals surface area contributed by atoms with Gasteiger partial charge in [0.05, 0.1) is 11.7 Å². The van der Waals surface area contributed by atoms with E-state index in [2.05, 4.69) is 0 Å². The molecule has 19 heavy (non-hydrogen) atoms. The van der Waals surface area contributed by atoms with Gasteiger partial charge in [0.15, 0.2) is 0 Å². The van der Waals surface area contributed by atoms with Crippen LogP contribution in [-0.2, 0) is 4.74 Å². The number of carbonyl (C=O) groups is 1. The molecule has 0 radical (unpaired) electrons. The van der Waals surface area contributed by atoms with Crippen LogP contribution in [0, 0.1) is 0 Å². The van der Waals surface area contributed by atoms with Crippen LogP contribution in [0.1, 0.15) is 23.2 Å². The van der Waals surface area contributed by atoms with Crippen molar-refractivity contribution in [2.24, 2.45) is 0 Å². The predicted molar refractivity (Wildman–Crippen MR) is 73.3 cm³/mol. The van der Waals surface area contributed by atoms with Gasteiger partial charge in [0, 0.05) is 16.7 Å². The van der Waals surface area contributed by atoms with Gasteiger partial charge in [-0.3, -0.25) is 0 Å². The van der Waals surface area contributed by atoms with Crippen LogP contribution in [0.15, 0.2) is 23.6 Å². The second kappa shape index (κ2) is 5.19. The van der Waals surface area contributed by atoms with Crippen molar-refractivity contribution in [2.75, 3.05) is 13.2 Å². The third-order valence-corrected chi connectivity index (χ3v) is 4.09. The largest absolute Gasteiger partial charge is 0.490 e. The zero-order valence-electron chi connectivity index (χ0n) is 10.3. The Balaban J connectivity index is 1.87. The summed E-state index contributed by atoms with van der Waals surface area (Å²) in [4.78, 5) is 11.1. The molecule has 3 rings (SSSR count). The molecule has 1 aliphatic heterocycles. The highest BCUT2D eigenvalue weighted by Crippen LogP contribution is 2.32. The Morgan fingerprint density at radius 1 is 1.53 bits per heavy atom. The summed E-state index contributed by atoms with van der Waals surface area (Å²) in [6.07, 6.45) is 2.20. The molecule has 0 bridgehead atoms. The van der Waals surface area contributed by atoms with Crippen molar-refractivity contribution < 1.29 is 19.4 Å². The maximum absolute atomic E-state index is 11.1. The molecule has 1 aliphatic rings. The topological polar surface area (TPSA) is 55.8 Å². The van der Waals surface area contributed by atoms with E-state index in [1.807, 2.05) is 11.4 Å². The summed E-state index contributed by atoms with van der Waals surface area (Å²) in [5.41, 5.74) is 0.261. The molecule has 1 aromatic heterocycles. The molecule has 0 spiro atoms. The number of fused-ring (bicyclic) bond motifs is 1. The normalized spacial score (nSPS) is 18.8. The van der Waals surface area contributed by atoms with Crippen LogP contribution in [0.25, 0.3) is 10.1 Å². The third-order valence-electron chi connectivity index (χ3n) is 3.23. The summed E-state index contributed by atoms with van der Waals surface area (Å²) >= 11 is 1.52. The maximum Gasteiger partial charge on any atom is 0.335 e. The van der Waals surface area contributed by atoms with Gasteiger partial charge in [-0.25, -0.2) is 4.79 Å². The number of thiophene rings is 1. The molecule has 0 saturated carbocycles. The molecule has 2 aromatic rings. The SMILES string of the molecule is O=C(O)c1cc(OC[C@H]2CCCO2)c2ccsc2c1. The van der Waals surface area contributed by atoms with E-state index < -0.39 is 5.97 Å². The molecule has 0 unspecified atom stereocenters. The second-order valence-corrected chi connectivity index (χ2v) is 5.51. The molecule has 4 nitrogen and oxygen atoms in total. The first-order chi connectivity index (χ1) is 9.24. The average molecular weight is 278 g/mol. The minimum atomic E-state index is -0.933. The Hall–Kier alpha value is -1.59. The Bertz CT molecular complexity index is 599. The number of hydrogen-bond donors (Lipinski definition) is 1. The molecule has 1 saturated heterocycles. The molecule has 0 amide bonds. The van der Waals surface area contributed by atoms with Crippen molar-refractivity contribution in [1.82, 2.24) is 0 Å². The van der Waals surface area contributed by atoms with Crippen LogP contribution < -0.4 is 4.74 Å². The second-order valence-electron chi connectivity index (χ2n) is 4.56. The van der Waals surface area contributed by atoms with Gasteiger partial charge in [0.2, 0.25) is 0 Å². The van der Waals surface area contributed by atoms with Crippen LogP contribution in [0.4, 0.5) is 0 Å². The van der Waals surface area contributed by atoms with Crippen molar-refractivity contribution in [2.45, 2.75) is 18.9 Å². The van der Waals surface area contributed by atoms with E-state index in [-0.39, 0.29) is 11.7 Å². The van der Waals surface area contributed by atoms with Crippen LogP contribution >= 0.6 is 11.3 Å². The fraction of sp³-hybridized carbons (Fsp3) is 0.357. The molecular weight excluding hydrogens is 264 g/mol. The van der Waals surface area contributed by atoms with E-state index in [0.717, 1.165) is 29.5 Å². The standard InChI is InChI=1S/C14H14O4S/c15-14(16)9-6-12(11-3-5-19-13(11)7-9)18-8-10-2-1-4-17-10/h3,5-7,10H,1-2,4,8H2,(H,15,16)/t10-/m1/s1. The molecule has 1 N–H and O–H groups in total. The van der Waals surface area contributed by atoms with Gasteiger partial charge in [0.25, 0.3) is 0 Å². The number of hydrogen-bond acceptors (Lipinski definition) is 4. The summed E-state index contributed by atoms with van der Waals surface area (Å²) in [5.74, 6) is -0.302. The smallest absolute Gasteiger partial charge is 0.335 e. The number of aromatic carboxylic acids is 1. The van der Waals surface area contributed by atoms with E-state index in [1.54, 1.807) is 12.1 Å². The van der Waals surface area contributed by atoms with E-state index in [9.17, 15) is 4.79 Å². The Morgan fingerprint density at radius 3 is 3.16 bits per heavy atom. The fourth-order valence-electron chi connectivity index (χ4n) is 2.24. The van der Waals surface area contributed by atoms with Crippen LogP contribution in [0.5, 0.6) is 5.75 Å². The van der Waals surface area contributed by atoms with Gasteiger partial charge in [-0.15, -0.1) is 11.3 Å². The quantitative estimate of drug-likeness (QED) is 0.933. The van der Waals surface area contributed by atoms with Gasteiger partial charge < -0.3 is 14.6 Å². The van der Waals surface area contributed by atoms with E-state index in [0.29, 0.717) is 12.4 Å². The Kier molecular flexibility index (Phi) is 3.40. The number of rotatable bonds is 4. The van der Waals surface area contributed by atoms with Crippen molar-refractivity contribution in [3.63, 3.8) is 0 Å². The summed E-state index contributed by atoms with van der Waals surface area (Å²) in [5, 5.41) is 12.0. The first-order valence-corrected chi connectivity index (χ1v) is 7.11. The molecule has 2 heterocycles. The summed E-state index contributed by atoms with van der Waals surface area (Å²) in [7, 11) is 0. The number of carboxylic acid groups (broad SMARTS) is 1. The van der Waals surface area contributed by atoms with Crippen molar-refractivity contribution in [3.8, 4) is 5.75 Å². The lowest BCUT2D eigenvalue weighted by atomic mass is 10.1. The summed E-state index contributed by atoms with van der Waals surface area (Å²) in [6, 6.07) is 5.23. The number of ether oxygens (including phenoxy) is 2. The lowest BCUT2D eigenvalue weighted by molar-refractivity contribution is 0.0677. The van der Waals surface area contributed by atoms with E-state index >= 15 is 0 Å². The van der Waals surface area contributed by atoms with Crippen LogP contribution in [-0.4, -0.2) is 30.4 Å². The molecule has 5 heteroatoms. The zero-order valence-corrected chi connectivity index (χ0v) is 11.1. The van der Waals surface area contributed by atoms with Crippen molar-refractivity contribution in [1.29, 1.82) is 0 Å². The minimum Gasteiger partial charge on any atom is -0.490 e. The number of benzene rings is 1. The molecule has 0 aliphatic carbocycles. The molecule has 1 atom stereocenters. The first-order valence-electron chi connectivity index (χ1n) is 6.23. The van der Waals surface area contributed by atoms with Gasteiger partial charge in [0.1, 0.15) is 12.4 Å². The van der Waals surface area contributed by atoms with Gasteiger partial charge in [-0.05, 0) is 36.4 Å².